The highest BCUT2D eigenvalue weighted by Gasteiger charge is 2.15. The van der Waals surface area contributed by atoms with Crippen molar-refractivity contribution in [1.29, 1.82) is 0 Å². The fourth-order valence-electron chi connectivity index (χ4n) is 1.55. The van der Waals surface area contributed by atoms with Crippen molar-refractivity contribution in [2.24, 2.45) is 0 Å². The van der Waals surface area contributed by atoms with E-state index in [1.165, 1.54) is 19.2 Å². The maximum atomic E-state index is 11.9. The van der Waals surface area contributed by atoms with Gasteiger partial charge in [-0.05, 0) is 18.2 Å². The van der Waals surface area contributed by atoms with Crippen LogP contribution in [-0.2, 0) is 14.8 Å². The molecule has 0 fully saturated rings. The summed E-state index contributed by atoms with van der Waals surface area (Å²) in [5.41, 5.74) is 1.10. The number of aromatic nitrogens is 1. The minimum atomic E-state index is -3.53. The first-order valence-electron chi connectivity index (χ1n) is 5.39. The van der Waals surface area contributed by atoms with Crippen LogP contribution in [0.15, 0.2) is 27.5 Å². The average molecular weight is 270 g/mol. The van der Waals surface area contributed by atoms with Gasteiger partial charge in [0.15, 0.2) is 11.5 Å². The third-order valence-electron chi connectivity index (χ3n) is 2.37. The number of nitrogens with zero attached hydrogens (tertiary/aromatic N) is 1. The van der Waals surface area contributed by atoms with E-state index in [9.17, 15) is 8.42 Å². The Labute approximate surface area is 105 Å². The zero-order chi connectivity index (χ0) is 13.2. The Hall–Kier alpha value is -1.44. The molecule has 0 bridgehead atoms. The highest BCUT2D eigenvalue weighted by Crippen LogP contribution is 2.19. The Morgan fingerprint density at radius 3 is 2.94 bits per heavy atom. The zero-order valence-corrected chi connectivity index (χ0v) is 11.0. The molecule has 18 heavy (non-hydrogen) atoms. The molecule has 7 heteroatoms. The van der Waals surface area contributed by atoms with Crippen molar-refractivity contribution in [3.05, 3.63) is 24.1 Å². The molecule has 1 aromatic heterocycles. The van der Waals surface area contributed by atoms with E-state index in [4.69, 9.17) is 9.15 Å². The van der Waals surface area contributed by atoms with Crippen molar-refractivity contribution in [1.82, 2.24) is 9.71 Å². The van der Waals surface area contributed by atoms with E-state index >= 15 is 0 Å². The predicted octanol–water partition coefficient (Wildman–Crippen LogP) is 1.06. The second-order valence-corrected chi connectivity index (χ2v) is 5.52. The van der Waals surface area contributed by atoms with Crippen LogP contribution >= 0.6 is 0 Å². The van der Waals surface area contributed by atoms with Crippen molar-refractivity contribution in [3.8, 4) is 0 Å². The van der Waals surface area contributed by atoms with Crippen LogP contribution < -0.4 is 4.72 Å². The van der Waals surface area contributed by atoms with Gasteiger partial charge in [-0.1, -0.05) is 0 Å². The zero-order valence-electron chi connectivity index (χ0n) is 10.1. The average Bonchev–Trinajstić information content (AvgIpc) is 2.68. The molecular formula is C11H14N2O4S. The first-order valence-corrected chi connectivity index (χ1v) is 6.87. The molecule has 0 aliphatic rings. The van der Waals surface area contributed by atoms with Crippen LogP contribution in [0.25, 0.3) is 11.1 Å². The smallest absolute Gasteiger partial charge is 0.240 e. The fourth-order valence-corrected chi connectivity index (χ4v) is 2.58. The number of benzene rings is 1. The number of hydrogen-bond acceptors (Lipinski definition) is 5. The highest BCUT2D eigenvalue weighted by atomic mass is 32.2. The molecule has 0 aliphatic carbocycles. The Balaban J connectivity index is 2.29. The van der Waals surface area contributed by atoms with Gasteiger partial charge in [-0.15, -0.1) is 0 Å². The quantitative estimate of drug-likeness (QED) is 0.822. The summed E-state index contributed by atoms with van der Waals surface area (Å²) in [4.78, 5) is 4.27. The van der Waals surface area contributed by atoms with Crippen molar-refractivity contribution >= 4 is 21.1 Å². The summed E-state index contributed by atoms with van der Waals surface area (Å²) < 4.78 is 36.4. The summed E-state index contributed by atoms with van der Waals surface area (Å²) in [7, 11) is -2.01. The van der Waals surface area contributed by atoms with E-state index in [0.717, 1.165) is 0 Å². The van der Waals surface area contributed by atoms with Gasteiger partial charge in [0.2, 0.25) is 10.0 Å². The van der Waals surface area contributed by atoms with E-state index < -0.39 is 10.0 Å². The number of sulfonamides is 1. The molecule has 0 atom stereocenters. The molecule has 0 unspecified atom stereocenters. The van der Waals surface area contributed by atoms with Gasteiger partial charge < -0.3 is 9.15 Å². The van der Waals surface area contributed by atoms with Crippen molar-refractivity contribution in [2.75, 3.05) is 20.3 Å². The van der Waals surface area contributed by atoms with Crippen LogP contribution in [0, 0.1) is 6.92 Å². The van der Waals surface area contributed by atoms with Crippen LogP contribution in [0.4, 0.5) is 0 Å². The molecule has 1 N–H and O–H groups in total. The van der Waals surface area contributed by atoms with Gasteiger partial charge in [-0.2, -0.15) is 0 Å². The van der Waals surface area contributed by atoms with E-state index in [1.807, 2.05) is 0 Å². The highest BCUT2D eigenvalue weighted by molar-refractivity contribution is 7.89. The van der Waals surface area contributed by atoms with Gasteiger partial charge in [-0.3, -0.25) is 0 Å². The number of aryl methyl sites for hydroxylation is 1. The van der Waals surface area contributed by atoms with Gasteiger partial charge in [-0.25, -0.2) is 18.1 Å². The normalized spacial score (nSPS) is 12.1. The van der Waals surface area contributed by atoms with Crippen molar-refractivity contribution in [2.45, 2.75) is 11.8 Å². The third-order valence-corrected chi connectivity index (χ3v) is 3.83. The Morgan fingerprint density at radius 2 is 2.22 bits per heavy atom. The fraction of sp³-hybridized carbons (Fsp3) is 0.364. The minimum absolute atomic E-state index is 0.166. The lowest BCUT2D eigenvalue weighted by molar-refractivity contribution is 0.204. The molecular weight excluding hydrogens is 256 g/mol. The van der Waals surface area contributed by atoms with Gasteiger partial charge >= 0.3 is 0 Å². The van der Waals surface area contributed by atoms with Crippen LogP contribution in [0.1, 0.15) is 5.89 Å². The monoisotopic (exact) mass is 270 g/mol. The lowest BCUT2D eigenvalue weighted by Gasteiger charge is -2.05. The summed E-state index contributed by atoms with van der Waals surface area (Å²) in [6.45, 7) is 2.27. The van der Waals surface area contributed by atoms with Gasteiger partial charge in [0.1, 0.15) is 5.52 Å². The summed E-state index contributed by atoms with van der Waals surface area (Å²) in [5.74, 6) is 0.506. The standard InChI is InChI=1S/C11H14N2O4S/c1-8-13-10-7-9(3-4-11(10)17-8)18(14,15)12-5-6-16-2/h3-4,7,12H,5-6H2,1-2H3. The number of hydrogen-bond donors (Lipinski definition) is 1. The second kappa shape index (κ2) is 5.05. The largest absolute Gasteiger partial charge is 0.441 e. The molecule has 2 aromatic rings. The Kier molecular flexibility index (Phi) is 3.65. The van der Waals surface area contributed by atoms with Gasteiger partial charge in [0.05, 0.1) is 11.5 Å². The van der Waals surface area contributed by atoms with E-state index in [1.54, 1.807) is 13.0 Å². The number of fused-ring (bicyclic) bond motifs is 1. The molecule has 98 valence electrons. The van der Waals surface area contributed by atoms with E-state index in [2.05, 4.69) is 9.71 Å². The van der Waals surface area contributed by atoms with E-state index in [0.29, 0.717) is 23.6 Å². The van der Waals surface area contributed by atoms with Gasteiger partial charge in [0, 0.05) is 20.6 Å². The first-order chi connectivity index (χ1) is 8.53. The molecule has 2 rings (SSSR count). The maximum Gasteiger partial charge on any atom is 0.240 e. The molecule has 0 amide bonds. The van der Waals surface area contributed by atoms with Crippen LogP contribution in [0.3, 0.4) is 0 Å². The summed E-state index contributed by atoms with van der Waals surface area (Å²) in [6.07, 6.45) is 0. The second-order valence-electron chi connectivity index (χ2n) is 3.75. The van der Waals surface area contributed by atoms with Crippen LogP contribution in [-0.4, -0.2) is 33.7 Å². The predicted molar refractivity (Wildman–Crippen MR) is 65.8 cm³/mol. The van der Waals surface area contributed by atoms with Crippen LogP contribution in [0.2, 0.25) is 0 Å². The minimum Gasteiger partial charge on any atom is -0.441 e. The molecule has 1 heterocycles. The SMILES string of the molecule is COCCNS(=O)(=O)c1ccc2oc(C)nc2c1. The van der Waals surface area contributed by atoms with E-state index in [-0.39, 0.29) is 11.4 Å². The molecule has 0 saturated heterocycles. The third kappa shape index (κ3) is 2.69. The Bertz CT molecular complexity index is 648. The van der Waals surface area contributed by atoms with Gasteiger partial charge in [0.25, 0.3) is 0 Å². The number of oxazole rings is 1. The molecule has 0 spiro atoms. The summed E-state index contributed by atoms with van der Waals surface area (Å²) in [5, 5.41) is 0. The topological polar surface area (TPSA) is 81.4 Å². The molecule has 1 aromatic carbocycles. The molecule has 0 radical (unpaired) electrons. The lowest BCUT2D eigenvalue weighted by Crippen LogP contribution is -2.27. The molecule has 0 saturated carbocycles. The summed E-state index contributed by atoms with van der Waals surface area (Å²) in [6, 6.07) is 4.57. The number of methoxy groups -OCH3 is 1. The molecule has 6 nitrogen and oxygen atoms in total. The number of rotatable bonds is 5. The van der Waals surface area contributed by atoms with Crippen molar-refractivity contribution < 1.29 is 17.6 Å². The van der Waals surface area contributed by atoms with Crippen LogP contribution in [0.5, 0.6) is 0 Å². The van der Waals surface area contributed by atoms with Crippen molar-refractivity contribution in [3.63, 3.8) is 0 Å². The number of ether oxygens (including phenoxy) is 1. The number of nitrogens with one attached hydrogen (secondary N) is 1. The maximum absolute atomic E-state index is 11.9. The lowest BCUT2D eigenvalue weighted by atomic mass is 10.3. The Morgan fingerprint density at radius 1 is 1.44 bits per heavy atom. The first kappa shape index (κ1) is 13.0. The molecule has 0 aliphatic heterocycles. The summed E-state index contributed by atoms with van der Waals surface area (Å²) >= 11 is 0.